The number of aromatic hydroxyl groups is 3. The molecule has 426 valence electrons. The highest BCUT2D eigenvalue weighted by atomic mass is 127. The summed E-state index contributed by atoms with van der Waals surface area (Å²) in [6.45, 7) is 6.43. The van der Waals surface area contributed by atoms with Crippen molar-refractivity contribution in [2.75, 3.05) is 31.3 Å². The summed E-state index contributed by atoms with van der Waals surface area (Å²) in [4.78, 5) is 39.6. The number of phenolic OH excluding ortho intramolecular Hbond substituents is 3. The maximum Gasteiger partial charge on any atom is 0.197 e. The highest BCUT2D eigenvalue weighted by molar-refractivity contribution is 14.1. The molecule has 0 spiro atoms. The molecule has 0 aliphatic heterocycles. The van der Waals surface area contributed by atoms with Gasteiger partial charge in [0.1, 0.15) is 45.5 Å². The number of rotatable bonds is 21. The Bertz CT molecular complexity index is 3300. The van der Waals surface area contributed by atoms with Gasteiger partial charge in [0.15, 0.2) is 23.1 Å². The Labute approximate surface area is 513 Å². The number of halogens is 4. The zero-order valence-electron chi connectivity index (χ0n) is 45.1. The average molecular weight is 1450 g/mol. The van der Waals surface area contributed by atoms with Gasteiger partial charge in [0.25, 0.3) is 0 Å². The molecule has 0 saturated heterocycles. The van der Waals surface area contributed by atoms with Gasteiger partial charge >= 0.3 is 0 Å². The summed E-state index contributed by atoms with van der Waals surface area (Å²) < 4.78 is 20.1. The molecule has 14 nitrogen and oxygen atoms in total. The molecule has 0 bridgehead atoms. The van der Waals surface area contributed by atoms with Crippen molar-refractivity contribution >= 4 is 139 Å². The molecule has 0 fully saturated rings. The van der Waals surface area contributed by atoms with E-state index < -0.39 is 0 Å². The van der Waals surface area contributed by atoms with Crippen molar-refractivity contribution in [3.8, 4) is 17.2 Å². The Balaban J connectivity index is 0.000000175. The highest BCUT2D eigenvalue weighted by Crippen LogP contribution is 2.38. The van der Waals surface area contributed by atoms with Gasteiger partial charge in [-0.3, -0.25) is 14.4 Å². The normalized spacial score (nSPS) is 11.2. The van der Waals surface area contributed by atoms with Gasteiger partial charge in [-0.25, -0.2) is 0 Å². The summed E-state index contributed by atoms with van der Waals surface area (Å²) >= 11 is 10.6. The summed E-state index contributed by atoms with van der Waals surface area (Å²) in [6, 6.07) is 27.2. The van der Waals surface area contributed by atoms with Crippen molar-refractivity contribution in [3.63, 3.8) is 0 Å². The first-order chi connectivity index (χ1) is 38.9. The number of aliphatic hydroxyl groups is 3. The van der Waals surface area contributed by atoms with E-state index in [1.165, 1.54) is 12.1 Å². The smallest absolute Gasteiger partial charge is 0.197 e. The number of ketones is 3. The van der Waals surface area contributed by atoms with Gasteiger partial charge in [-0.2, -0.15) is 0 Å². The predicted molar refractivity (Wildman–Crippen MR) is 341 cm³/mol. The lowest BCUT2D eigenvalue weighted by atomic mass is 9.97. The third-order valence-corrected chi connectivity index (χ3v) is 16.6. The van der Waals surface area contributed by atoms with Gasteiger partial charge in [-0.05, 0) is 206 Å². The van der Waals surface area contributed by atoms with Crippen LogP contribution in [0.15, 0.2) is 113 Å². The molecule has 3 heterocycles. The van der Waals surface area contributed by atoms with Crippen molar-refractivity contribution in [2.45, 2.75) is 97.8 Å². The molecule has 0 amide bonds. The summed E-state index contributed by atoms with van der Waals surface area (Å²) in [5.41, 5.74) is 20.1. The van der Waals surface area contributed by atoms with Gasteiger partial charge in [0.05, 0.1) is 44.2 Å². The molecule has 10 N–H and O–H groups in total. The van der Waals surface area contributed by atoms with Gasteiger partial charge in [0, 0.05) is 71.9 Å². The second kappa shape index (κ2) is 29.0. The molecule has 0 aliphatic rings. The summed E-state index contributed by atoms with van der Waals surface area (Å²) in [5, 5.41) is 58.8. The second-order valence-corrected chi connectivity index (χ2v) is 23.4. The number of carbonyl (C=O) groups excluding carboxylic acids is 3. The predicted octanol–water partition coefficient (Wildman–Crippen LogP) is 14.6. The number of aryl methyl sites for hydroxylation is 6. The van der Waals surface area contributed by atoms with E-state index in [9.17, 15) is 29.7 Å². The second-order valence-electron chi connectivity index (χ2n) is 19.4. The Hall–Kier alpha value is -5.75. The number of anilines is 2. The number of nitrogen functional groups attached to an aromatic ring is 2. The van der Waals surface area contributed by atoms with E-state index in [1.807, 2.05) is 121 Å². The third-order valence-electron chi connectivity index (χ3n) is 13.7. The number of furan rings is 3. The Morgan fingerprint density at radius 2 is 0.753 bits per heavy atom. The number of hydrogen-bond acceptors (Lipinski definition) is 14. The minimum Gasteiger partial charge on any atom is -0.506 e. The van der Waals surface area contributed by atoms with Crippen LogP contribution in [0.4, 0.5) is 11.4 Å². The number of aliphatic hydroxyl groups excluding tert-OH is 3. The van der Waals surface area contributed by atoms with Crippen LogP contribution in [0.2, 0.25) is 0 Å². The van der Waals surface area contributed by atoms with Gasteiger partial charge in [-0.15, -0.1) is 0 Å². The molecule has 6 aromatic carbocycles. The van der Waals surface area contributed by atoms with Gasteiger partial charge < -0.3 is 55.4 Å². The van der Waals surface area contributed by atoms with Crippen molar-refractivity contribution in [2.24, 2.45) is 0 Å². The van der Waals surface area contributed by atoms with Crippen molar-refractivity contribution in [1.29, 1.82) is 0 Å². The number of phenols is 3. The monoisotopic (exact) mass is 1450 g/mol. The third kappa shape index (κ3) is 14.7. The van der Waals surface area contributed by atoms with E-state index in [2.05, 4.69) is 31.9 Å². The van der Waals surface area contributed by atoms with E-state index in [-0.39, 0.29) is 65.8 Å². The lowest BCUT2D eigenvalue weighted by Crippen LogP contribution is -2.06. The van der Waals surface area contributed by atoms with Crippen LogP contribution in [0.25, 0.3) is 32.9 Å². The number of carbonyl (C=O) groups is 3. The summed E-state index contributed by atoms with van der Waals surface area (Å²) in [5.74, 6) is 1.52. The molecular formula is C63H64Br2I2N2O12. The van der Waals surface area contributed by atoms with Crippen LogP contribution in [0.5, 0.6) is 17.2 Å². The first-order valence-electron chi connectivity index (χ1n) is 26.7. The van der Waals surface area contributed by atoms with Crippen molar-refractivity contribution in [3.05, 3.63) is 174 Å². The van der Waals surface area contributed by atoms with Gasteiger partial charge in [-0.1, -0.05) is 57.2 Å². The molecule has 3 aromatic heterocycles. The van der Waals surface area contributed by atoms with Crippen LogP contribution in [-0.2, 0) is 38.5 Å². The van der Waals surface area contributed by atoms with Crippen LogP contribution in [0.1, 0.15) is 141 Å². The standard InChI is InChI=1S/C21H20Br2O4.C21H20I2O4.C21H24N2O4/c3*1-2-17-19(20(25)13-10-15(22)21(26)16(23)11-13)14-7-6-12(5-3-4-8-24)9-18(14)27-17/h2*6-7,9-11,24,26H,2-5,8H2,1H3;6-7,9-11,24,26H,2-5,8,22-23H2,1H3. The summed E-state index contributed by atoms with van der Waals surface area (Å²) in [7, 11) is 0. The van der Waals surface area contributed by atoms with Crippen LogP contribution in [0.3, 0.4) is 0 Å². The van der Waals surface area contributed by atoms with Crippen molar-refractivity contribution < 1.29 is 58.3 Å². The lowest BCUT2D eigenvalue weighted by molar-refractivity contribution is 0.103. The Kier molecular flexibility index (Phi) is 22.5. The fourth-order valence-electron chi connectivity index (χ4n) is 9.50. The zero-order chi connectivity index (χ0) is 58.7. The van der Waals surface area contributed by atoms with Crippen molar-refractivity contribution in [1.82, 2.24) is 0 Å². The van der Waals surface area contributed by atoms with Crippen LogP contribution in [-0.4, -0.2) is 67.8 Å². The molecule has 0 atom stereocenters. The minimum atomic E-state index is -0.239. The Morgan fingerprint density at radius 1 is 0.444 bits per heavy atom. The Morgan fingerprint density at radius 3 is 1.06 bits per heavy atom. The maximum atomic E-state index is 13.2. The first kappa shape index (κ1) is 62.8. The van der Waals surface area contributed by atoms with E-state index >= 15 is 0 Å². The van der Waals surface area contributed by atoms with Crippen LogP contribution < -0.4 is 11.5 Å². The number of unbranched alkanes of at least 4 members (excludes halogenated alkanes) is 3. The molecule has 18 heteroatoms. The molecule has 9 aromatic rings. The van der Waals surface area contributed by atoms with Crippen LogP contribution in [0, 0.1) is 7.14 Å². The average Bonchev–Trinajstić information content (AvgIpc) is 4.00. The topological polar surface area (TPSA) is 264 Å². The molecular weight excluding hydrogens is 1390 g/mol. The van der Waals surface area contributed by atoms with Gasteiger partial charge in [0.2, 0.25) is 0 Å². The quantitative estimate of drug-likeness (QED) is 0.0109. The molecule has 0 saturated carbocycles. The molecule has 0 unspecified atom stereocenters. The van der Waals surface area contributed by atoms with E-state index in [1.54, 1.807) is 24.3 Å². The lowest BCUT2D eigenvalue weighted by Gasteiger charge is -2.07. The van der Waals surface area contributed by atoms with Crippen LogP contribution >= 0.6 is 77.0 Å². The number of fused-ring (bicyclic) bond motifs is 3. The highest BCUT2D eigenvalue weighted by Gasteiger charge is 2.26. The minimum absolute atomic E-state index is 0.0619. The summed E-state index contributed by atoms with van der Waals surface area (Å²) in [6.07, 6.45) is 9.39. The maximum absolute atomic E-state index is 13.2. The fourth-order valence-corrected chi connectivity index (χ4v) is 12.5. The zero-order valence-corrected chi connectivity index (χ0v) is 52.6. The molecule has 0 radical (unpaired) electrons. The van der Waals surface area contributed by atoms with E-state index in [4.69, 9.17) is 40.0 Å². The number of benzene rings is 6. The molecule has 0 aliphatic carbocycles. The SMILES string of the molecule is CCc1oc2cc(CCCCO)ccc2c1C(=O)c1cc(Br)c(O)c(Br)c1.CCc1oc2cc(CCCCO)ccc2c1C(=O)c1cc(I)c(O)c(I)c1.CCc1oc2cc(CCCCO)ccc2c1C(=O)c1cc(N)c(O)c(N)c1. The first-order valence-corrected chi connectivity index (χ1v) is 30.5. The molecule has 9 rings (SSSR count). The van der Waals surface area contributed by atoms with E-state index in [0.717, 1.165) is 96.2 Å². The number of nitrogens with two attached hydrogens (primary N) is 2. The number of hydrogen-bond donors (Lipinski definition) is 8. The van der Waals surface area contributed by atoms with E-state index in [0.29, 0.717) is 97.2 Å². The fraction of sp³-hybridized carbons (Fsp3) is 0.286. The molecule has 81 heavy (non-hydrogen) atoms. The largest absolute Gasteiger partial charge is 0.506 e.